The van der Waals surface area contributed by atoms with Crippen LogP contribution < -0.4 is 10.6 Å². The molecule has 7 heteroatoms. The summed E-state index contributed by atoms with van der Waals surface area (Å²) < 4.78 is 0. The van der Waals surface area contributed by atoms with E-state index in [4.69, 9.17) is 5.26 Å². The van der Waals surface area contributed by atoms with Crippen molar-refractivity contribution in [2.75, 3.05) is 10.6 Å². The molecule has 2 rings (SSSR count). The predicted octanol–water partition coefficient (Wildman–Crippen LogP) is 2.56. The van der Waals surface area contributed by atoms with Crippen LogP contribution in [0.3, 0.4) is 0 Å². The van der Waals surface area contributed by atoms with Crippen molar-refractivity contribution in [1.29, 1.82) is 5.26 Å². The summed E-state index contributed by atoms with van der Waals surface area (Å²) in [5.41, 5.74) is 1.60. The van der Waals surface area contributed by atoms with E-state index in [1.807, 2.05) is 0 Å². The average Bonchev–Trinajstić information content (AvgIpc) is 2.94. The topological polar surface area (TPSA) is 94.9 Å². The first-order valence-electron chi connectivity index (χ1n) is 6.09. The number of rotatable bonds is 4. The highest BCUT2D eigenvalue weighted by Crippen LogP contribution is 2.21. The van der Waals surface area contributed by atoms with Gasteiger partial charge in [-0.3, -0.25) is 14.9 Å². The van der Waals surface area contributed by atoms with Crippen LogP contribution in [0.4, 0.5) is 10.8 Å². The van der Waals surface area contributed by atoms with E-state index < -0.39 is 5.91 Å². The summed E-state index contributed by atoms with van der Waals surface area (Å²) in [7, 11) is 0. The summed E-state index contributed by atoms with van der Waals surface area (Å²) in [6, 6.07) is 6.80. The van der Waals surface area contributed by atoms with E-state index in [0.29, 0.717) is 21.9 Å². The number of aromatic nitrogens is 1. The number of carbonyl (C=O) groups excluding carboxylic acids is 2. The fourth-order valence-electron chi connectivity index (χ4n) is 1.73. The molecule has 0 fully saturated rings. The molecule has 0 unspecified atom stereocenters. The molecule has 0 saturated carbocycles. The van der Waals surface area contributed by atoms with Gasteiger partial charge >= 0.3 is 0 Å². The highest BCUT2D eigenvalue weighted by molar-refractivity contribution is 7.13. The van der Waals surface area contributed by atoms with Crippen molar-refractivity contribution in [3.05, 3.63) is 40.9 Å². The van der Waals surface area contributed by atoms with E-state index in [9.17, 15) is 9.59 Å². The second kappa shape index (κ2) is 6.63. The third-order valence-electron chi connectivity index (χ3n) is 2.74. The summed E-state index contributed by atoms with van der Waals surface area (Å²) in [5, 5.41) is 16.1. The summed E-state index contributed by atoms with van der Waals surface area (Å²) >= 11 is 1.32. The van der Waals surface area contributed by atoms with Crippen molar-refractivity contribution in [2.45, 2.75) is 13.3 Å². The molecule has 0 radical (unpaired) electrons. The molecule has 0 saturated heterocycles. The lowest BCUT2D eigenvalue weighted by Crippen LogP contribution is -2.16. The van der Waals surface area contributed by atoms with Crippen molar-refractivity contribution >= 4 is 34.0 Å². The van der Waals surface area contributed by atoms with Gasteiger partial charge in [-0.2, -0.15) is 5.26 Å². The Morgan fingerprint density at radius 1 is 1.38 bits per heavy atom. The van der Waals surface area contributed by atoms with Gasteiger partial charge in [-0.15, -0.1) is 11.3 Å². The summed E-state index contributed by atoms with van der Waals surface area (Å²) in [6.07, 6.45) is 1.38. The number of nitriles is 1. The standard InChI is InChI=1S/C14H12N4O2S/c1-9-10(13(20)18-14-16-7-8-21-14)3-2-4-11(9)17-12(19)5-6-15/h2-4,7-8H,5H2,1H3,(H,17,19)(H,16,18,20). The number of nitrogens with zero attached hydrogens (tertiary/aromatic N) is 2. The molecular formula is C14H12N4O2S. The van der Waals surface area contributed by atoms with Crippen LogP contribution in [0, 0.1) is 18.3 Å². The molecule has 0 bridgehead atoms. The van der Waals surface area contributed by atoms with Crippen molar-refractivity contribution in [1.82, 2.24) is 4.98 Å². The van der Waals surface area contributed by atoms with Gasteiger partial charge in [0, 0.05) is 22.8 Å². The van der Waals surface area contributed by atoms with Crippen LogP contribution in [-0.2, 0) is 4.79 Å². The monoisotopic (exact) mass is 300 g/mol. The van der Waals surface area contributed by atoms with Crippen LogP contribution in [0.5, 0.6) is 0 Å². The molecule has 106 valence electrons. The minimum atomic E-state index is -0.405. The first kappa shape index (κ1) is 14.7. The maximum absolute atomic E-state index is 12.2. The molecule has 2 amide bonds. The normalized spacial score (nSPS) is 9.71. The van der Waals surface area contributed by atoms with E-state index in [2.05, 4.69) is 15.6 Å². The van der Waals surface area contributed by atoms with E-state index in [-0.39, 0.29) is 12.3 Å². The minimum absolute atomic E-state index is 0.227. The number of benzene rings is 1. The molecule has 0 aliphatic carbocycles. The SMILES string of the molecule is Cc1c(NC(=O)CC#N)cccc1C(=O)Nc1nccs1. The molecule has 1 aromatic heterocycles. The first-order valence-corrected chi connectivity index (χ1v) is 6.97. The van der Waals surface area contributed by atoms with Crippen LogP contribution in [0.1, 0.15) is 22.3 Å². The molecule has 1 aromatic carbocycles. The maximum atomic E-state index is 12.2. The molecule has 2 aromatic rings. The van der Waals surface area contributed by atoms with Crippen molar-refractivity contribution in [2.24, 2.45) is 0 Å². The molecule has 21 heavy (non-hydrogen) atoms. The average molecular weight is 300 g/mol. The number of nitrogens with one attached hydrogen (secondary N) is 2. The number of hydrogen-bond donors (Lipinski definition) is 2. The lowest BCUT2D eigenvalue weighted by molar-refractivity contribution is -0.115. The summed E-state index contributed by atoms with van der Waals surface area (Å²) in [6.45, 7) is 1.73. The second-order valence-corrected chi connectivity index (χ2v) is 5.05. The van der Waals surface area contributed by atoms with Gasteiger partial charge in [-0.25, -0.2) is 4.98 Å². The van der Waals surface area contributed by atoms with Crippen molar-refractivity contribution in [3.8, 4) is 6.07 Å². The summed E-state index contributed by atoms with van der Waals surface area (Å²) in [5.74, 6) is -0.697. The van der Waals surface area contributed by atoms with Crippen LogP contribution in [0.2, 0.25) is 0 Å². The lowest BCUT2D eigenvalue weighted by Gasteiger charge is -2.11. The van der Waals surface area contributed by atoms with Gasteiger partial charge < -0.3 is 5.32 Å². The summed E-state index contributed by atoms with van der Waals surface area (Å²) in [4.78, 5) is 27.6. The molecule has 0 aliphatic rings. The maximum Gasteiger partial charge on any atom is 0.257 e. The van der Waals surface area contributed by atoms with Crippen LogP contribution >= 0.6 is 11.3 Å². The molecule has 0 aliphatic heterocycles. The molecule has 1 heterocycles. The van der Waals surface area contributed by atoms with Crippen molar-refractivity contribution < 1.29 is 9.59 Å². The molecule has 0 atom stereocenters. The van der Waals surface area contributed by atoms with Crippen LogP contribution in [-0.4, -0.2) is 16.8 Å². The number of hydrogen-bond acceptors (Lipinski definition) is 5. The van der Waals surface area contributed by atoms with Gasteiger partial charge in [0.05, 0.1) is 6.07 Å². The fraction of sp³-hybridized carbons (Fsp3) is 0.143. The minimum Gasteiger partial charge on any atom is -0.325 e. The third-order valence-corrected chi connectivity index (χ3v) is 3.43. The number of anilines is 2. The Bertz CT molecular complexity index is 704. The Labute approximate surface area is 125 Å². The van der Waals surface area contributed by atoms with Crippen molar-refractivity contribution in [3.63, 3.8) is 0 Å². The second-order valence-electron chi connectivity index (χ2n) is 4.15. The Balaban J connectivity index is 2.19. The van der Waals surface area contributed by atoms with Gasteiger partial charge in [-0.05, 0) is 24.6 Å². The first-order chi connectivity index (χ1) is 10.1. The molecular weight excluding hydrogens is 288 g/mol. The van der Waals surface area contributed by atoms with Gasteiger partial charge in [-0.1, -0.05) is 6.07 Å². The zero-order valence-electron chi connectivity index (χ0n) is 11.2. The van der Waals surface area contributed by atoms with E-state index in [1.54, 1.807) is 42.8 Å². The molecule has 2 N–H and O–H groups in total. The van der Waals surface area contributed by atoms with Crippen LogP contribution in [0.25, 0.3) is 0 Å². The Morgan fingerprint density at radius 3 is 2.86 bits per heavy atom. The Hall–Kier alpha value is -2.72. The third kappa shape index (κ3) is 3.64. The van der Waals surface area contributed by atoms with E-state index >= 15 is 0 Å². The fourth-order valence-corrected chi connectivity index (χ4v) is 2.26. The van der Waals surface area contributed by atoms with Gasteiger partial charge in [0.1, 0.15) is 6.42 Å². The van der Waals surface area contributed by atoms with Gasteiger partial charge in [0.2, 0.25) is 5.91 Å². The van der Waals surface area contributed by atoms with E-state index in [0.717, 1.165) is 0 Å². The number of carbonyl (C=O) groups is 2. The molecule has 6 nitrogen and oxygen atoms in total. The van der Waals surface area contributed by atoms with Gasteiger partial charge in [0.25, 0.3) is 5.91 Å². The highest BCUT2D eigenvalue weighted by Gasteiger charge is 2.14. The number of thiazole rings is 1. The zero-order valence-corrected chi connectivity index (χ0v) is 12.0. The number of amides is 2. The zero-order chi connectivity index (χ0) is 15.2. The molecule has 0 spiro atoms. The van der Waals surface area contributed by atoms with Gasteiger partial charge in [0.15, 0.2) is 5.13 Å². The Morgan fingerprint density at radius 2 is 2.19 bits per heavy atom. The highest BCUT2D eigenvalue weighted by atomic mass is 32.1. The Kier molecular flexibility index (Phi) is 4.64. The van der Waals surface area contributed by atoms with E-state index in [1.165, 1.54) is 11.3 Å². The quantitative estimate of drug-likeness (QED) is 0.907. The lowest BCUT2D eigenvalue weighted by atomic mass is 10.1. The predicted molar refractivity (Wildman–Crippen MR) is 80.1 cm³/mol. The van der Waals surface area contributed by atoms with Crippen LogP contribution in [0.15, 0.2) is 29.8 Å². The smallest absolute Gasteiger partial charge is 0.257 e. The largest absolute Gasteiger partial charge is 0.325 e.